The summed E-state index contributed by atoms with van der Waals surface area (Å²) >= 11 is 2.19. The quantitative estimate of drug-likeness (QED) is 0.826. The predicted molar refractivity (Wildman–Crippen MR) is 77.0 cm³/mol. The van der Waals surface area contributed by atoms with Crippen molar-refractivity contribution in [3.63, 3.8) is 0 Å². The third-order valence-electron chi connectivity index (χ3n) is 3.06. The molecule has 1 aromatic rings. The zero-order valence-corrected chi connectivity index (χ0v) is 12.7. The molecule has 17 heavy (non-hydrogen) atoms. The third-order valence-corrected chi connectivity index (χ3v) is 3.78. The highest BCUT2D eigenvalue weighted by molar-refractivity contribution is 14.1. The summed E-state index contributed by atoms with van der Waals surface area (Å²) in [5.41, 5.74) is -1.07. The zero-order valence-electron chi connectivity index (χ0n) is 10.5. The number of carbonyl (C=O) groups is 1. The smallest absolute Gasteiger partial charge is 0.251 e. The van der Waals surface area contributed by atoms with Gasteiger partial charge in [-0.25, -0.2) is 0 Å². The fraction of sp³-hybridized carbons (Fsp3) is 0.462. The number of aliphatic hydroxyl groups is 1. The minimum Gasteiger partial charge on any atom is -0.388 e. The van der Waals surface area contributed by atoms with E-state index in [0.29, 0.717) is 5.56 Å². The van der Waals surface area contributed by atoms with Crippen LogP contribution in [0.25, 0.3) is 0 Å². The van der Waals surface area contributed by atoms with Crippen molar-refractivity contribution in [1.29, 1.82) is 0 Å². The summed E-state index contributed by atoms with van der Waals surface area (Å²) in [5, 5.41) is 12.8. The van der Waals surface area contributed by atoms with Gasteiger partial charge in [-0.05, 0) is 74.6 Å². The number of nitrogens with one attached hydrogen (secondary N) is 1. The van der Waals surface area contributed by atoms with Gasteiger partial charge >= 0.3 is 0 Å². The molecule has 1 amide bonds. The third kappa shape index (κ3) is 3.67. The lowest BCUT2D eigenvalue weighted by atomic mass is 9.86. The molecule has 0 atom stereocenters. The van der Waals surface area contributed by atoms with Crippen LogP contribution < -0.4 is 5.32 Å². The highest BCUT2D eigenvalue weighted by atomic mass is 127. The lowest BCUT2D eigenvalue weighted by Crippen LogP contribution is -2.57. The van der Waals surface area contributed by atoms with Crippen molar-refractivity contribution in [2.24, 2.45) is 0 Å². The summed E-state index contributed by atoms with van der Waals surface area (Å²) in [7, 11) is 0. The van der Waals surface area contributed by atoms with Crippen LogP contribution in [-0.2, 0) is 0 Å². The second kappa shape index (κ2) is 4.94. The molecule has 1 rings (SSSR count). The topological polar surface area (TPSA) is 49.3 Å². The van der Waals surface area contributed by atoms with Crippen LogP contribution in [-0.4, -0.2) is 22.2 Å². The summed E-state index contributed by atoms with van der Waals surface area (Å²) in [6, 6.07) is 7.31. The van der Waals surface area contributed by atoms with E-state index >= 15 is 0 Å². The van der Waals surface area contributed by atoms with E-state index in [9.17, 15) is 9.90 Å². The Hall–Kier alpha value is -0.620. The predicted octanol–water partition coefficient (Wildman–Crippen LogP) is 2.57. The Morgan fingerprint density at radius 1 is 1.18 bits per heavy atom. The van der Waals surface area contributed by atoms with Crippen LogP contribution >= 0.6 is 22.6 Å². The van der Waals surface area contributed by atoms with Crippen LogP contribution in [0.15, 0.2) is 24.3 Å². The molecule has 0 aliphatic heterocycles. The first-order valence-corrected chi connectivity index (χ1v) is 6.52. The van der Waals surface area contributed by atoms with Gasteiger partial charge in [0.25, 0.3) is 5.91 Å². The number of hydrogen-bond acceptors (Lipinski definition) is 2. The van der Waals surface area contributed by atoms with Crippen molar-refractivity contribution in [1.82, 2.24) is 5.32 Å². The largest absolute Gasteiger partial charge is 0.388 e. The van der Waals surface area contributed by atoms with Crippen LogP contribution in [0, 0.1) is 3.57 Å². The fourth-order valence-electron chi connectivity index (χ4n) is 1.11. The van der Waals surface area contributed by atoms with Gasteiger partial charge < -0.3 is 10.4 Å². The lowest BCUT2D eigenvalue weighted by molar-refractivity contribution is -0.00292. The van der Waals surface area contributed by atoms with Crippen molar-refractivity contribution in [2.45, 2.75) is 38.8 Å². The van der Waals surface area contributed by atoms with Gasteiger partial charge in [-0.15, -0.1) is 0 Å². The van der Waals surface area contributed by atoms with E-state index in [1.807, 2.05) is 12.1 Å². The first kappa shape index (κ1) is 14.4. The zero-order chi connectivity index (χ0) is 13.3. The highest BCUT2D eigenvalue weighted by Crippen LogP contribution is 2.21. The van der Waals surface area contributed by atoms with Gasteiger partial charge in [-0.3, -0.25) is 4.79 Å². The second-order valence-electron chi connectivity index (χ2n) is 5.15. The summed E-state index contributed by atoms with van der Waals surface area (Å²) in [4.78, 5) is 12.0. The maximum atomic E-state index is 12.0. The molecule has 3 nitrogen and oxygen atoms in total. The van der Waals surface area contributed by atoms with Gasteiger partial charge in [-0.1, -0.05) is 0 Å². The standard InChI is InChI=1S/C13H18INO2/c1-12(2,13(3,4)17)15-11(16)9-5-7-10(14)8-6-9/h5-8,17H,1-4H3,(H,15,16). The molecule has 0 saturated carbocycles. The van der Waals surface area contributed by atoms with Crippen LogP contribution in [0.1, 0.15) is 38.1 Å². The first-order chi connectivity index (χ1) is 7.63. The molecule has 0 aromatic heterocycles. The van der Waals surface area contributed by atoms with Gasteiger partial charge in [0.1, 0.15) is 0 Å². The SMILES string of the molecule is CC(C)(O)C(C)(C)NC(=O)c1ccc(I)cc1. The van der Waals surface area contributed by atoms with Crippen LogP contribution in [0.5, 0.6) is 0 Å². The number of hydrogen-bond donors (Lipinski definition) is 2. The summed E-state index contributed by atoms with van der Waals surface area (Å²) < 4.78 is 1.08. The van der Waals surface area contributed by atoms with Crippen LogP contribution in [0.2, 0.25) is 0 Å². The Bertz CT molecular complexity index is 404. The molecule has 0 bridgehead atoms. The Labute approximate surface area is 116 Å². The minimum atomic E-state index is -0.980. The highest BCUT2D eigenvalue weighted by Gasteiger charge is 2.36. The average Bonchev–Trinajstić information content (AvgIpc) is 2.16. The van der Waals surface area contributed by atoms with E-state index in [2.05, 4.69) is 27.9 Å². The maximum Gasteiger partial charge on any atom is 0.251 e. The van der Waals surface area contributed by atoms with Crippen LogP contribution in [0.4, 0.5) is 0 Å². The van der Waals surface area contributed by atoms with Crippen molar-refractivity contribution in [3.05, 3.63) is 33.4 Å². The number of benzene rings is 1. The molecule has 0 spiro atoms. The first-order valence-electron chi connectivity index (χ1n) is 5.44. The van der Waals surface area contributed by atoms with Crippen molar-refractivity contribution in [2.75, 3.05) is 0 Å². The van der Waals surface area contributed by atoms with Gasteiger partial charge in [-0.2, -0.15) is 0 Å². The molecule has 1 aromatic carbocycles. The molecular formula is C13H18INO2. The van der Waals surface area contributed by atoms with Crippen molar-refractivity contribution >= 4 is 28.5 Å². The molecule has 0 aliphatic rings. The molecule has 2 N–H and O–H groups in total. The monoisotopic (exact) mass is 347 g/mol. The normalized spacial score (nSPS) is 12.4. The fourth-order valence-corrected chi connectivity index (χ4v) is 1.47. The van der Waals surface area contributed by atoms with E-state index in [0.717, 1.165) is 3.57 Å². The van der Waals surface area contributed by atoms with E-state index in [1.165, 1.54) is 0 Å². The van der Waals surface area contributed by atoms with Gasteiger partial charge in [0.2, 0.25) is 0 Å². The molecule has 4 heteroatoms. The molecule has 0 heterocycles. The van der Waals surface area contributed by atoms with Crippen molar-refractivity contribution in [3.8, 4) is 0 Å². The van der Waals surface area contributed by atoms with E-state index < -0.39 is 11.1 Å². The average molecular weight is 347 g/mol. The second-order valence-corrected chi connectivity index (χ2v) is 6.39. The summed E-state index contributed by atoms with van der Waals surface area (Å²) in [5.74, 6) is -0.173. The lowest BCUT2D eigenvalue weighted by Gasteiger charge is -2.38. The molecule has 0 unspecified atom stereocenters. The number of rotatable bonds is 3. The summed E-state index contributed by atoms with van der Waals surface area (Å²) in [6.45, 7) is 6.97. The Morgan fingerprint density at radius 2 is 1.65 bits per heavy atom. The van der Waals surface area contributed by atoms with E-state index in [-0.39, 0.29) is 5.91 Å². The van der Waals surface area contributed by atoms with Crippen LogP contribution in [0.3, 0.4) is 0 Å². The molecular weight excluding hydrogens is 329 g/mol. The van der Waals surface area contributed by atoms with Gasteiger partial charge in [0.15, 0.2) is 0 Å². The summed E-state index contributed by atoms with van der Waals surface area (Å²) in [6.07, 6.45) is 0. The molecule has 0 fully saturated rings. The number of carbonyl (C=O) groups excluding carboxylic acids is 1. The maximum absolute atomic E-state index is 12.0. The van der Waals surface area contributed by atoms with E-state index in [4.69, 9.17) is 0 Å². The molecule has 0 saturated heterocycles. The van der Waals surface area contributed by atoms with Gasteiger partial charge in [0, 0.05) is 9.13 Å². The van der Waals surface area contributed by atoms with E-state index in [1.54, 1.807) is 39.8 Å². The number of halogens is 1. The van der Waals surface area contributed by atoms with Crippen molar-refractivity contribution < 1.29 is 9.90 Å². The number of amides is 1. The Morgan fingerprint density at radius 3 is 2.06 bits per heavy atom. The Balaban J connectivity index is 2.83. The Kier molecular flexibility index (Phi) is 4.19. The molecule has 0 aliphatic carbocycles. The molecule has 94 valence electrons. The minimum absolute atomic E-state index is 0.173. The van der Waals surface area contributed by atoms with Gasteiger partial charge in [0.05, 0.1) is 11.1 Å². The molecule has 0 radical (unpaired) electrons.